The molecule has 1 aromatic heterocycles. The number of nitrogens with zero attached hydrogens (tertiary/aromatic N) is 5. The third-order valence-electron chi connectivity index (χ3n) is 9.37. The van der Waals surface area contributed by atoms with Gasteiger partial charge in [-0.25, -0.2) is 0 Å². The highest BCUT2D eigenvalue weighted by molar-refractivity contribution is 6.28. The molecule has 10 heteroatoms. The van der Waals surface area contributed by atoms with Crippen molar-refractivity contribution >= 4 is 23.5 Å². The van der Waals surface area contributed by atoms with E-state index < -0.39 is 11.1 Å². The zero-order valence-corrected chi connectivity index (χ0v) is 26.8. The number of nitrogens with two attached hydrogens (primary N) is 2. The second-order valence-corrected chi connectivity index (χ2v) is 14.4. The SMILES string of the molecule is COCCCC1CC(C)(C)N(c2nc(Cl)nc(N3C(C)(C)CC(CCCOC)C(N)C3(C)C)n2)C(C)(C)C1N. The lowest BCUT2D eigenvalue weighted by Crippen LogP contribution is -2.71. The molecular formula is C29H54ClN7O2. The summed E-state index contributed by atoms with van der Waals surface area (Å²) >= 11 is 6.65. The van der Waals surface area contributed by atoms with Crippen molar-refractivity contribution in [2.45, 2.75) is 128 Å². The largest absolute Gasteiger partial charge is 0.385 e. The lowest BCUT2D eigenvalue weighted by atomic mass is 9.69. The number of hydrogen-bond acceptors (Lipinski definition) is 9. The fraction of sp³-hybridized carbons (Fsp3) is 0.897. The number of methoxy groups -OCH3 is 2. The Morgan fingerprint density at radius 1 is 0.718 bits per heavy atom. The molecule has 4 N–H and O–H groups in total. The highest BCUT2D eigenvalue weighted by atomic mass is 35.5. The van der Waals surface area contributed by atoms with Gasteiger partial charge in [0.15, 0.2) is 0 Å². The van der Waals surface area contributed by atoms with Crippen LogP contribution in [0.25, 0.3) is 0 Å². The van der Waals surface area contributed by atoms with Crippen molar-refractivity contribution in [1.29, 1.82) is 0 Å². The van der Waals surface area contributed by atoms with Crippen LogP contribution in [-0.4, -0.2) is 76.6 Å². The van der Waals surface area contributed by atoms with Gasteiger partial charge in [0, 0.05) is 50.6 Å². The maximum atomic E-state index is 6.95. The average molecular weight is 568 g/mol. The maximum absolute atomic E-state index is 6.95. The molecule has 3 heterocycles. The van der Waals surface area contributed by atoms with Gasteiger partial charge in [-0.3, -0.25) is 0 Å². The Bertz CT molecular complexity index is 899. The maximum Gasteiger partial charge on any atom is 0.232 e. The number of halogens is 1. The van der Waals surface area contributed by atoms with E-state index in [1.165, 1.54) is 0 Å². The molecule has 1 aromatic rings. The Morgan fingerprint density at radius 2 is 1.08 bits per heavy atom. The first kappa shape index (κ1) is 32.3. The number of ether oxygens (including phenoxy) is 2. The van der Waals surface area contributed by atoms with Gasteiger partial charge in [-0.1, -0.05) is 0 Å². The van der Waals surface area contributed by atoms with E-state index in [1.54, 1.807) is 14.2 Å². The lowest BCUT2D eigenvalue weighted by Gasteiger charge is -2.59. The predicted molar refractivity (Wildman–Crippen MR) is 160 cm³/mol. The monoisotopic (exact) mass is 567 g/mol. The number of piperidine rings is 2. The summed E-state index contributed by atoms with van der Waals surface area (Å²) in [7, 11) is 3.50. The Balaban J connectivity index is 2.00. The van der Waals surface area contributed by atoms with Gasteiger partial charge in [-0.15, -0.1) is 0 Å². The van der Waals surface area contributed by atoms with E-state index in [1.807, 2.05) is 0 Å². The van der Waals surface area contributed by atoms with E-state index in [-0.39, 0.29) is 28.4 Å². The molecule has 2 fully saturated rings. The van der Waals surface area contributed by atoms with Gasteiger partial charge < -0.3 is 30.7 Å². The van der Waals surface area contributed by atoms with E-state index in [2.05, 4.69) is 75.2 Å². The smallest absolute Gasteiger partial charge is 0.232 e. The molecule has 2 aliphatic heterocycles. The molecule has 2 aliphatic rings. The van der Waals surface area contributed by atoms with Crippen LogP contribution in [0.15, 0.2) is 0 Å². The van der Waals surface area contributed by atoms with Gasteiger partial charge in [0.1, 0.15) is 0 Å². The summed E-state index contributed by atoms with van der Waals surface area (Å²) in [6.07, 6.45) is 5.89. The van der Waals surface area contributed by atoms with E-state index in [0.29, 0.717) is 23.7 Å². The van der Waals surface area contributed by atoms with Crippen LogP contribution >= 0.6 is 11.6 Å². The van der Waals surface area contributed by atoms with E-state index in [4.69, 9.17) is 37.5 Å². The molecule has 0 aliphatic carbocycles. The molecule has 0 aromatic carbocycles. The summed E-state index contributed by atoms with van der Waals surface area (Å²) in [6, 6.07) is -0.129. The summed E-state index contributed by atoms with van der Waals surface area (Å²) in [5.74, 6) is 1.86. The molecule has 224 valence electrons. The zero-order valence-electron chi connectivity index (χ0n) is 26.1. The summed E-state index contributed by atoms with van der Waals surface area (Å²) < 4.78 is 10.6. The normalized spacial score (nSPS) is 29.5. The Hall–Kier alpha value is -1.26. The second kappa shape index (κ2) is 11.9. The van der Waals surface area contributed by atoms with Crippen molar-refractivity contribution in [1.82, 2.24) is 15.0 Å². The molecule has 3 rings (SSSR count). The van der Waals surface area contributed by atoms with Gasteiger partial charge >= 0.3 is 0 Å². The molecule has 39 heavy (non-hydrogen) atoms. The minimum Gasteiger partial charge on any atom is -0.385 e. The van der Waals surface area contributed by atoms with Crippen molar-refractivity contribution in [3.05, 3.63) is 5.28 Å². The highest BCUT2D eigenvalue weighted by Gasteiger charge is 2.53. The quantitative estimate of drug-likeness (QED) is 0.384. The van der Waals surface area contributed by atoms with Crippen molar-refractivity contribution in [2.75, 3.05) is 37.2 Å². The molecule has 4 unspecified atom stereocenters. The summed E-state index contributed by atoms with van der Waals surface area (Å²) in [5, 5.41) is 0.180. The van der Waals surface area contributed by atoms with Crippen LogP contribution in [0.1, 0.15) is 93.9 Å². The molecule has 0 radical (unpaired) electrons. The lowest BCUT2D eigenvalue weighted by molar-refractivity contribution is 0.120. The van der Waals surface area contributed by atoms with Crippen LogP contribution in [0.5, 0.6) is 0 Å². The summed E-state index contributed by atoms with van der Waals surface area (Å²) in [6.45, 7) is 19.2. The topological polar surface area (TPSA) is 116 Å². The van der Waals surface area contributed by atoms with Gasteiger partial charge in [0.05, 0.1) is 11.1 Å². The molecule has 4 atom stereocenters. The van der Waals surface area contributed by atoms with Crippen molar-refractivity contribution in [2.24, 2.45) is 23.3 Å². The Labute approximate surface area is 241 Å². The Morgan fingerprint density at radius 3 is 1.41 bits per heavy atom. The third-order valence-corrected chi connectivity index (χ3v) is 9.53. The number of aromatic nitrogens is 3. The first-order valence-corrected chi connectivity index (χ1v) is 14.9. The standard InChI is InChI=1S/C29H54ClN7O2/c1-26(2)17-19(13-11-15-38-9)21(31)28(5,6)36(26)24-33-23(30)34-25(35-24)37-27(3,4)18-20(14-12-16-39-10)22(32)29(37,7)8/h19-22H,11-18,31-32H2,1-10H3. The Kier molecular flexibility index (Phi) is 9.86. The second-order valence-electron chi connectivity index (χ2n) is 14.1. The van der Waals surface area contributed by atoms with Crippen LogP contribution in [0, 0.1) is 11.8 Å². The van der Waals surface area contributed by atoms with Crippen LogP contribution < -0.4 is 21.3 Å². The first-order valence-electron chi connectivity index (χ1n) is 14.5. The minimum atomic E-state index is -0.406. The predicted octanol–water partition coefficient (Wildman–Crippen LogP) is 4.80. The van der Waals surface area contributed by atoms with Crippen LogP contribution in [0.4, 0.5) is 11.9 Å². The van der Waals surface area contributed by atoms with E-state index >= 15 is 0 Å². The van der Waals surface area contributed by atoms with Crippen molar-refractivity contribution < 1.29 is 9.47 Å². The van der Waals surface area contributed by atoms with Gasteiger partial charge in [-0.2, -0.15) is 15.0 Å². The van der Waals surface area contributed by atoms with Crippen molar-refractivity contribution in [3.63, 3.8) is 0 Å². The van der Waals surface area contributed by atoms with Gasteiger partial charge in [0.25, 0.3) is 0 Å². The van der Waals surface area contributed by atoms with Gasteiger partial charge in [0.2, 0.25) is 17.2 Å². The molecule has 9 nitrogen and oxygen atoms in total. The third kappa shape index (κ3) is 6.48. The molecular weight excluding hydrogens is 514 g/mol. The molecule has 0 spiro atoms. The number of anilines is 2. The van der Waals surface area contributed by atoms with Crippen LogP contribution in [-0.2, 0) is 9.47 Å². The zero-order chi connectivity index (χ0) is 29.4. The first-order chi connectivity index (χ1) is 18.0. The van der Waals surface area contributed by atoms with E-state index in [9.17, 15) is 0 Å². The molecule has 2 saturated heterocycles. The number of rotatable bonds is 10. The van der Waals surface area contributed by atoms with E-state index in [0.717, 1.165) is 51.7 Å². The highest BCUT2D eigenvalue weighted by Crippen LogP contribution is 2.47. The fourth-order valence-corrected chi connectivity index (χ4v) is 8.01. The van der Waals surface area contributed by atoms with Crippen LogP contribution in [0.3, 0.4) is 0 Å². The minimum absolute atomic E-state index is 0.0643. The molecule has 0 saturated carbocycles. The summed E-state index contributed by atoms with van der Waals surface area (Å²) in [4.78, 5) is 19.0. The van der Waals surface area contributed by atoms with Crippen LogP contribution in [0.2, 0.25) is 5.28 Å². The summed E-state index contributed by atoms with van der Waals surface area (Å²) in [5.41, 5.74) is 12.6. The van der Waals surface area contributed by atoms with Gasteiger partial charge in [-0.05, 0) is 117 Å². The molecule has 0 bridgehead atoms. The fourth-order valence-electron chi connectivity index (χ4n) is 7.86. The van der Waals surface area contributed by atoms with Crippen molar-refractivity contribution in [3.8, 4) is 0 Å². The number of hydrogen-bond donors (Lipinski definition) is 2. The average Bonchev–Trinajstić information content (AvgIpc) is 2.79. The molecule has 0 amide bonds.